The van der Waals surface area contributed by atoms with Crippen LogP contribution in [-0.2, 0) is 6.54 Å². The molecule has 1 unspecified atom stereocenters. The molecule has 0 amide bonds. The first-order valence-corrected chi connectivity index (χ1v) is 7.77. The molecule has 2 N–H and O–H groups in total. The van der Waals surface area contributed by atoms with Crippen molar-refractivity contribution in [1.82, 2.24) is 10.6 Å². The molecule has 0 saturated heterocycles. The maximum Gasteiger partial charge on any atom is 0.269 e. The number of nitrogens with one attached hydrogen (secondary N) is 2. The van der Waals surface area contributed by atoms with Crippen molar-refractivity contribution in [3.63, 3.8) is 0 Å². The molecule has 0 aliphatic rings. The average molecular weight is 434 g/mol. The average Bonchev–Trinajstić information content (AvgIpc) is 2.52. The highest BCUT2D eigenvalue weighted by Crippen LogP contribution is 2.12. The molecule has 0 fully saturated rings. The molecular weight excluding hydrogens is 407 g/mol. The summed E-state index contributed by atoms with van der Waals surface area (Å²) in [7, 11) is 1.72. The number of aliphatic imine (C=N–C) groups is 1. The molecular formula is C16H27IN4O2. The number of halogens is 1. The molecule has 0 aliphatic carbocycles. The predicted molar refractivity (Wildman–Crippen MR) is 105 cm³/mol. The van der Waals surface area contributed by atoms with Gasteiger partial charge in [0, 0.05) is 31.8 Å². The lowest BCUT2D eigenvalue weighted by Crippen LogP contribution is -2.41. The van der Waals surface area contributed by atoms with E-state index in [0.29, 0.717) is 12.6 Å². The minimum atomic E-state index is -0.383. The van der Waals surface area contributed by atoms with E-state index in [1.807, 2.05) is 6.07 Å². The zero-order valence-electron chi connectivity index (χ0n) is 14.0. The van der Waals surface area contributed by atoms with Crippen LogP contribution in [0.1, 0.15) is 45.1 Å². The summed E-state index contributed by atoms with van der Waals surface area (Å²) < 4.78 is 0. The van der Waals surface area contributed by atoms with Gasteiger partial charge < -0.3 is 10.6 Å². The minimum Gasteiger partial charge on any atom is -0.354 e. The van der Waals surface area contributed by atoms with Gasteiger partial charge in [-0.3, -0.25) is 15.1 Å². The van der Waals surface area contributed by atoms with Crippen LogP contribution >= 0.6 is 24.0 Å². The van der Waals surface area contributed by atoms with E-state index in [2.05, 4.69) is 29.5 Å². The van der Waals surface area contributed by atoms with E-state index in [1.165, 1.54) is 25.3 Å². The molecule has 0 heterocycles. The highest BCUT2D eigenvalue weighted by atomic mass is 127. The zero-order valence-corrected chi connectivity index (χ0v) is 16.4. The lowest BCUT2D eigenvalue weighted by molar-refractivity contribution is -0.384. The molecule has 1 aromatic rings. The zero-order chi connectivity index (χ0) is 16.4. The van der Waals surface area contributed by atoms with Crippen LogP contribution in [0.15, 0.2) is 29.3 Å². The van der Waals surface area contributed by atoms with Crippen LogP contribution < -0.4 is 10.6 Å². The van der Waals surface area contributed by atoms with Gasteiger partial charge in [-0.15, -0.1) is 24.0 Å². The van der Waals surface area contributed by atoms with Crippen LogP contribution in [0, 0.1) is 10.1 Å². The van der Waals surface area contributed by atoms with E-state index < -0.39 is 0 Å². The van der Waals surface area contributed by atoms with Crippen molar-refractivity contribution < 1.29 is 4.92 Å². The SMILES string of the molecule is CCCCCC(C)NC(=NC)NCc1cccc([N+](=O)[O-])c1.I. The molecule has 0 aromatic heterocycles. The number of rotatable bonds is 8. The van der Waals surface area contributed by atoms with Gasteiger partial charge in [-0.1, -0.05) is 38.3 Å². The molecule has 0 spiro atoms. The second-order valence-electron chi connectivity index (χ2n) is 5.39. The lowest BCUT2D eigenvalue weighted by atomic mass is 10.1. The van der Waals surface area contributed by atoms with Crippen molar-refractivity contribution >= 4 is 35.6 Å². The summed E-state index contributed by atoms with van der Waals surface area (Å²) in [5, 5.41) is 17.3. The van der Waals surface area contributed by atoms with Crippen molar-refractivity contribution in [2.24, 2.45) is 4.99 Å². The molecule has 0 bridgehead atoms. The van der Waals surface area contributed by atoms with Crippen LogP contribution in [0.2, 0.25) is 0 Å². The van der Waals surface area contributed by atoms with Crippen molar-refractivity contribution in [2.45, 2.75) is 52.1 Å². The summed E-state index contributed by atoms with van der Waals surface area (Å²) in [5.41, 5.74) is 0.964. The molecule has 0 aliphatic heterocycles. The third-order valence-electron chi connectivity index (χ3n) is 3.43. The highest BCUT2D eigenvalue weighted by Gasteiger charge is 2.07. The summed E-state index contributed by atoms with van der Waals surface area (Å²) in [4.78, 5) is 14.6. The number of nitrogens with zero attached hydrogens (tertiary/aromatic N) is 2. The Morgan fingerprint density at radius 2 is 2.13 bits per heavy atom. The fourth-order valence-electron chi connectivity index (χ4n) is 2.17. The second-order valence-corrected chi connectivity index (χ2v) is 5.39. The van der Waals surface area contributed by atoms with Gasteiger partial charge >= 0.3 is 0 Å². The Labute approximate surface area is 155 Å². The molecule has 23 heavy (non-hydrogen) atoms. The number of nitro groups is 1. The van der Waals surface area contributed by atoms with Crippen LogP contribution in [0.5, 0.6) is 0 Å². The summed E-state index contributed by atoms with van der Waals surface area (Å²) in [6, 6.07) is 6.97. The Bertz CT molecular complexity index is 509. The molecule has 0 saturated carbocycles. The monoisotopic (exact) mass is 434 g/mol. The van der Waals surface area contributed by atoms with Crippen molar-refractivity contribution in [1.29, 1.82) is 0 Å². The number of nitro benzene ring substituents is 1. The van der Waals surface area contributed by atoms with Gasteiger partial charge in [0.2, 0.25) is 0 Å². The quantitative estimate of drug-likeness (QED) is 0.163. The first kappa shape index (κ1) is 21.6. The maximum absolute atomic E-state index is 10.8. The van der Waals surface area contributed by atoms with Crippen LogP contribution in [0.3, 0.4) is 0 Å². The maximum atomic E-state index is 10.8. The van der Waals surface area contributed by atoms with Gasteiger partial charge in [0.1, 0.15) is 0 Å². The molecule has 1 rings (SSSR count). The summed E-state index contributed by atoms with van der Waals surface area (Å²) in [6.07, 6.45) is 4.76. The van der Waals surface area contributed by atoms with Gasteiger partial charge in [0.05, 0.1) is 4.92 Å². The van der Waals surface area contributed by atoms with Crippen LogP contribution in [0.25, 0.3) is 0 Å². The van der Waals surface area contributed by atoms with Crippen molar-refractivity contribution in [3.05, 3.63) is 39.9 Å². The van der Waals surface area contributed by atoms with Crippen molar-refractivity contribution in [2.75, 3.05) is 7.05 Å². The topological polar surface area (TPSA) is 79.6 Å². The fourth-order valence-corrected chi connectivity index (χ4v) is 2.17. The summed E-state index contributed by atoms with van der Waals surface area (Å²) >= 11 is 0. The molecule has 1 aromatic carbocycles. The Morgan fingerprint density at radius 1 is 1.39 bits per heavy atom. The van der Waals surface area contributed by atoms with E-state index in [4.69, 9.17) is 0 Å². The third kappa shape index (κ3) is 8.73. The lowest BCUT2D eigenvalue weighted by Gasteiger charge is -2.17. The highest BCUT2D eigenvalue weighted by molar-refractivity contribution is 14.0. The summed E-state index contributed by atoms with van der Waals surface area (Å²) in [6.45, 7) is 4.83. The molecule has 7 heteroatoms. The van der Waals surface area contributed by atoms with Crippen molar-refractivity contribution in [3.8, 4) is 0 Å². The third-order valence-corrected chi connectivity index (χ3v) is 3.43. The fraction of sp³-hybridized carbons (Fsp3) is 0.562. The molecule has 0 radical (unpaired) electrons. The predicted octanol–water partition coefficient (Wildman–Crippen LogP) is 3.85. The number of benzene rings is 1. The van der Waals surface area contributed by atoms with Crippen LogP contribution in [0.4, 0.5) is 5.69 Å². The van der Waals surface area contributed by atoms with E-state index in [-0.39, 0.29) is 34.6 Å². The Balaban J connectivity index is 0.00000484. The normalized spacial score (nSPS) is 12.2. The number of hydrogen-bond donors (Lipinski definition) is 2. The van der Waals surface area contributed by atoms with Gasteiger partial charge in [-0.2, -0.15) is 0 Å². The number of non-ortho nitro benzene ring substituents is 1. The van der Waals surface area contributed by atoms with Gasteiger partial charge in [0.25, 0.3) is 5.69 Å². The minimum absolute atomic E-state index is 0. The molecule has 130 valence electrons. The van der Waals surface area contributed by atoms with Gasteiger partial charge in [-0.25, -0.2) is 0 Å². The van der Waals surface area contributed by atoms with E-state index in [0.717, 1.165) is 17.9 Å². The van der Waals surface area contributed by atoms with E-state index >= 15 is 0 Å². The van der Waals surface area contributed by atoms with Gasteiger partial charge in [-0.05, 0) is 18.9 Å². The molecule has 1 atom stereocenters. The number of guanidine groups is 1. The first-order valence-electron chi connectivity index (χ1n) is 7.77. The largest absolute Gasteiger partial charge is 0.354 e. The second kappa shape index (κ2) is 12.1. The van der Waals surface area contributed by atoms with Crippen LogP contribution in [-0.4, -0.2) is 24.0 Å². The number of unbranched alkanes of at least 4 members (excludes halogenated alkanes) is 2. The van der Waals surface area contributed by atoms with E-state index in [1.54, 1.807) is 19.2 Å². The molecule has 6 nitrogen and oxygen atoms in total. The Morgan fingerprint density at radius 3 is 2.74 bits per heavy atom. The summed E-state index contributed by atoms with van der Waals surface area (Å²) in [5.74, 6) is 0.718. The van der Waals surface area contributed by atoms with Gasteiger partial charge in [0.15, 0.2) is 5.96 Å². The van der Waals surface area contributed by atoms with E-state index in [9.17, 15) is 10.1 Å². The Kier molecular flexibility index (Phi) is 11.4. The first-order chi connectivity index (χ1) is 10.6. The Hall–Kier alpha value is -1.38. The standard InChI is InChI=1S/C16H26N4O2.HI/c1-4-5-6-8-13(2)19-16(17-3)18-12-14-9-7-10-15(11-14)20(21)22;/h7,9-11,13H,4-6,8,12H2,1-3H3,(H2,17,18,19);1H. The number of hydrogen-bond acceptors (Lipinski definition) is 3. The smallest absolute Gasteiger partial charge is 0.269 e.